The summed E-state index contributed by atoms with van der Waals surface area (Å²) in [5.41, 5.74) is 1.77. The molecule has 0 amide bonds. The first kappa shape index (κ1) is 11.7. The van der Waals surface area contributed by atoms with E-state index in [1.54, 1.807) is 20.0 Å². The Morgan fingerprint density at radius 2 is 2.18 bits per heavy atom. The van der Waals surface area contributed by atoms with E-state index in [4.69, 9.17) is 16.3 Å². The number of halogens is 1. The Morgan fingerprint density at radius 1 is 1.41 bits per heavy atom. The average Bonchev–Trinajstić information content (AvgIpc) is 2.29. The van der Waals surface area contributed by atoms with Crippen molar-refractivity contribution in [1.29, 1.82) is 0 Å². The SMILES string of the molecule is CCOC(=O)c1cnc2nc(C)cnc2c1Cl. The molecule has 0 unspecified atom stereocenters. The molecule has 0 saturated heterocycles. The van der Waals surface area contributed by atoms with Crippen molar-refractivity contribution >= 4 is 28.7 Å². The smallest absolute Gasteiger partial charge is 0.341 e. The summed E-state index contributed by atoms with van der Waals surface area (Å²) in [5.74, 6) is -0.505. The summed E-state index contributed by atoms with van der Waals surface area (Å²) in [6, 6.07) is 0. The van der Waals surface area contributed by atoms with E-state index in [0.717, 1.165) is 5.69 Å². The van der Waals surface area contributed by atoms with Crippen molar-refractivity contribution in [2.45, 2.75) is 13.8 Å². The molecule has 0 aliphatic heterocycles. The highest BCUT2D eigenvalue weighted by molar-refractivity contribution is 6.37. The third-order valence-corrected chi connectivity index (χ3v) is 2.51. The van der Waals surface area contributed by atoms with E-state index in [9.17, 15) is 4.79 Å². The summed E-state index contributed by atoms with van der Waals surface area (Å²) in [5, 5.41) is 0.223. The van der Waals surface area contributed by atoms with Crippen LogP contribution in [-0.4, -0.2) is 27.5 Å². The second-order valence-electron chi connectivity index (χ2n) is 3.39. The molecule has 2 heterocycles. The fourth-order valence-electron chi connectivity index (χ4n) is 1.37. The summed E-state index contributed by atoms with van der Waals surface area (Å²) in [6.07, 6.45) is 2.93. The number of rotatable bonds is 2. The van der Waals surface area contributed by atoms with E-state index in [0.29, 0.717) is 11.2 Å². The number of ether oxygens (including phenoxy) is 1. The van der Waals surface area contributed by atoms with Crippen LogP contribution in [0.3, 0.4) is 0 Å². The molecule has 0 saturated carbocycles. The number of aryl methyl sites for hydroxylation is 1. The molecule has 5 nitrogen and oxygen atoms in total. The minimum absolute atomic E-state index is 0.208. The zero-order valence-corrected chi connectivity index (χ0v) is 10.2. The molecular formula is C11H10ClN3O2. The number of esters is 1. The van der Waals surface area contributed by atoms with Gasteiger partial charge in [0.2, 0.25) is 0 Å². The molecule has 2 aromatic heterocycles. The third kappa shape index (κ3) is 2.19. The first-order chi connectivity index (χ1) is 8.13. The van der Waals surface area contributed by atoms with E-state index in [1.165, 1.54) is 6.20 Å². The number of carbonyl (C=O) groups is 1. The summed E-state index contributed by atoms with van der Waals surface area (Å²) in [6.45, 7) is 3.82. The second-order valence-corrected chi connectivity index (χ2v) is 3.77. The molecule has 88 valence electrons. The Kier molecular flexibility index (Phi) is 3.19. The minimum Gasteiger partial charge on any atom is -0.462 e. The van der Waals surface area contributed by atoms with Crippen LogP contribution in [0, 0.1) is 6.92 Å². The number of carbonyl (C=O) groups excluding carboxylic acids is 1. The molecule has 0 fully saturated rings. The highest BCUT2D eigenvalue weighted by atomic mass is 35.5. The van der Waals surface area contributed by atoms with Crippen molar-refractivity contribution < 1.29 is 9.53 Å². The van der Waals surface area contributed by atoms with Gasteiger partial charge in [-0.25, -0.2) is 19.7 Å². The van der Waals surface area contributed by atoms with Gasteiger partial charge in [-0.2, -0.15) is 0 Å². The lowest BCUT2D eigenvalue weighted by molar-refractivity contribution is 0.0526. The van der Waals surface area contributed by atoms with Crippen LogP contribution in [-0.2, 0) is 4.74 Å². The number of nitrogens with zero attached hydrogens (tertiary/aromatic N) is 3. The topological polar surface area (TPSA) is 65.0 Å². The lowest BCUT2D eigenvalue weighted by Gasteiger charge is -2.05. The highest BCUT2D eigenvalue weighted by Gasteiger charge is 2.16. The predicted octanol–water partition coefficient (Wildman–Crippen LogP) is 2.16. The van der Waals surface area contributed by atoms with Crippen LogP contribution in [0.15, 0.2) is 12.4 Å². The van der Waals surface area contributed by atoms with Crippen molar-refractivity contribution in [3.63, 3.8) is 0 Å². The van der Waals surface area contributed by atoms with E-state index < -0.39 is 5.97 Å². The molecule has 2 rings (SSSR count). The zero-order chi connectivity index (χ0) is 12.4. The molecule has 0 bridgehead atoms. The average molecular weight is 252 g/mol. The molecular weight excluding hydrogens is 242 g/mol. The predicted molar refractivity (Wildman–Crippen MR) is 63.0 cm³/mol. The summed E-state index contributed by atoms with van der Waals surface area (Å²) in [4.78, 5) is 23.9. The van der Waals surface area contributed by atoms with Crippen molar-refractivity contribution in [3.8, 4) is 0 Å². The van der Waals surface area contributed by atoms with E-state index in [-0.39, 0.29) is 17.2 Å². The number of hydrogen-bond acceptors (Lipinski definition) is 5. The Hall–Kier alpha value is -1.75. The van der Waals surface area contributed by atoms with Crippen LogP contribution in [0.5, 0.6) is 0 Å². The first-order valence-electron chi connectivity index (χ1n) is 5.08. The third-order valence-electron chi connectivity index (χ3n) is 2.13. The number of aromatic nitrogens is 3. The van der Waals surface area contributed by atoms with Gasteiger partial charge in [-0.1, -0.05) is 11.6 Å². The maximum atomic E-state index is 11.6. The molecule has 0 radical (unpaired) electrons. The van der Waals surface area contributed by atoms with Crippen molar-refractivity contribution in [1.82, 2.24) is 15.0 Å². The summed E-state index contributed by atoms with van der Waals surface area (Å²) < 4.78 is 4.87. The van der Waals surface area contributed by atoms with Gasteiger partial charge in [0.15, 0.2) is 5.65 Å². The van der Waals surface area contributed by atoms with Gasteiger partial charge in [0.25, 0.3) is 0 Å². The maximum Gasteiger partial charge on any atom is 0.341 e. The highest BCUT2D eigenvalue weighted by Crippen LogP contribution is 2.23. The van der Waals surface area contributed by atoms with Crippen LogP contribution in [0.1, 0.15) is 23.0 Å². The molecule has 2 aromatic rings. The largest absolute Gasteiger partial charge is 0.462 e. The molecule has 17 heavy (non-hydrogen) atoms. The molecule has 0 spiro atoms. The van der Waals surface area contributed by atoms with E-state index in [2.05, 4.69) is 15.0 Å². The lowest BCUT2D eigenvalue weighted by Crippen LogP contribution is -2.07. The molecule has 0 aliphatic carbocycles. The van der Waals surface area contributed by atoms with Crippen LogP contribution in [0.25, 0.3) is 11.2 Å². The first-order valence-corrected chi connectivity index (χ1v) is 5.46. The summed E-state index contributed by atoms with van der Waals surface area (Å²) in [7, 11) is 0. The van der Waals surface area contributed by atoms with Gasteiger partial charge in [0.1, 0.15) is 5.52 Å². The summed E-state index contributed by atoms with van der Waals surface area (Å²) >= 11 is 6.08. The van der Waals surface area contributed by atoms with E-state index in [1.807, 2.05) is 0 Å². The van der Waals surface area contributed by atoms with Gasteiger partial charge in [0.05, 0.1) is 22.9 Å². The Balaban J connectivity index is 2.58. The van der Waals surface area contributed by atoms with Gasteiger partial charge < -0.3 is 4.74 Å². The molecule has 6 heteroatoms. The van der Waals surface area contributed by atoms with Crippen molar-refractivity contribution in [2.75, 3.05) is 6.61 Å². The zero-order valence-electron chi connectivity index (χ0n) is 9.40. The Morgan fingerprint density at radius 3 is 2.88 bits per heavy atom. The Bertz CT molecular complexity index is 586. The molecule has 0 atom stereocenters. The number of fused-ring (bicyclic) bond motifs is 1. The second kappa shape index (κ2) is 4.63. The normalized spacial score (nSPS) is 10.5. The quantitative estimate of drug-likeness (QED) is 0.766. The van der Waals surface area contributed by atoms with Gasteiger partial charge >= 0.3 is 5.97 Å². The van der Waals surface area contributed by atoms with E-state index >= 15 is 0 Å². The van der Waals surface area contributed by atoms with Crippen LogP contribution in [0.4, 0.5) is 0 Å². The van der Waals surface area contributed by atoms with Crippen molar-refractivity contribution in [3.05, 3.63) is 28.7 Å². The Labute approximate surface area is 103 Å². The molecule has 0 aromatic carbocycles. The maximum absolute atomic E-state index is 11.6. The number of pyridine rings is 1. The van der Waals surface area contributed by atoms with Gasteiger partial charge in [-0.05, 0) is 13.8 Å². The van der Waals surface area contributed by atoms with Crippen LogP contribution < -0.4 is 0 Å². The lowest BCUT2D eigenvalue weighted by atomic mass is 10.2. The molecule has 0 aliphatic rings. The molecule has 0 N–H and O–H groups in total. The van der Waals surface area contributed by atoms with Crippen LogP contribution in [0.2, 0.25) is 5.02 Å². The van der Waals surface area contributed by atoms with Gasteiger partial charge in [0, 0.05) is 12.4 Å². The monoisotopic (exact) mass is 251 g/mol. The fraction of sp³-hybridized carbons (Fsp3) is 0.273. The number of hydrogen-bond donors (Lipinski definition) is 0. The van der Waals surface area contributed by atoms with Crippen LogP contribution >= 0.6 is 11.6 Å². The fourth-order valence-corrected chi connectivity index (χ4v) is 1.63. The van der Waals surface area contributed by atoms with Crippen molar-refractivity contribution in [2.24, 2.45) is 0 Å². The van der Waals surface area contributed by atoms with Gasteiger partial charge in [-0.15, -0.1) is 0 Å². The van der Waals surface area contributed by atoms with Gasteiger partial charge in [-0.3, -0.25) is 0 Å². The standard InChI is InChI=1S/C11H10ClN3O2/c1-3-17-11(16)7-5-14-10-9(8(7)12)13-4-6(2)15-10/h4-5H,3H2,1-2H3. The minimum atomic E-state index is -0.505.